The quantitative estimate of drug-likeness (QED) is 0.163. The Hall–Kier alpha value is -2.37. The molecule has 4 rings (SSSR count). The van der Waals surface area contributed by atoms with Gasteiger partial charge in [-0.05, 0) is 42.0 Å². The van der Waals surface area contributed by atoms with Gasteiger partial charge in [0.05, 0.1) is 27.8 Å². The van der Waals surface area contributed by atoms with E-state index in [-0.39, 0.29) is 21.6 Å². The number of nitrogens with zero attached hydrogens (tertiary/aromatic N) is 2. The van der Waals surface area contributed by atoms with Crippen LogP contribution in [0.15, 0.2) is 70.5 Å². The van der Waals surface area contributed by atoms with Crippen LogP contribution >= 0.6 is 58.1 Å². The lowest BCUT2D eigenvalue weighted by Gasteiger charge is -2.24. The van der Waals surface area contributed by atoms with Crippen LogP contribution in [0.5, 0.6) is 0 Å². The molecule has 198 valence electrons. The van der Waals surface area contributed by atoms with Gasteiger partial charge in [0, 0.05) is 26.7 Å². The maximum atomic E-state index is 14.3. The van der Waals surface area contributed by atoms with Crippen molar-refractivity contribution in [2.45, 2.75) is 12.2 Å². The number of rotatable bonds is 8. The summed E-state index contributed by atoms with van der Waals surface area (Å²) in [5.41, 5.74) is -2.66. The number of hydrogen-bond acceptors (Lipinski definition) is 5. The number of carboxylic acids is 1. The minimum absolute atomic E-state index is 0.128. The topological polar surface area (TPSA) is 111 Å². The largest absolute Gasteiger partial charge is 0.478 e. The SMILES string of the molecule is O=C(O)c1ccc(-c2csc(N(Cc3ccc(C(F)(F)P(=O)(O)O)c(Br)c3)c3ccc(Cl)c(Cl)c3)n2)cc1. The highest BCUT2D eigenvalue weighted by Gasteiger charge is 2.51. The molecule has 4 aromatic rings. The van der Waals surface area contributed by atoms with Gasteiger partial charge in [-0.3, -0.25) is 4.57 Å². The average molecular weight is 664 g/mol. The molecule has 0 atom stereocenters. The molecule has 0 bridgehead atoms. The summed E-state index contributed by atoms with van der Waals surface area (Å²) in [7, 11) is -5.74. The molecule has 3 N–H and O–H groups in total. The number of carboxylic acid groups (broad SMARTS) is 1. The van der Waals surface area contributed by atoms with Crippen LogP contribution in [0.25, 0.3) is 11.3 Å². The van der Waals surface area contributed by atoms with E-state index in [1.165, 1.54) is 35.6 Å². The minimum atomic E-state index is -5.74. The van der Waals surface area contributed by atoms with Gasteiger partial charge in [-0.2, -0.15) is 8.78 Å². The summed E-state index contributed by atoms with van der Waals surface area (Å²) in [6.07, 6.45) is 0. The number of carbonyl (C=O) groups is 1. The van der Waals surface area contributed by atoms with Crippen molar-refractivity contribution < 1.29 is 33.0 Å². The van der Waals surface area contributed by atoms with E-state index < -0.39 is 24.8 Å². The molecular formula is C24H16BrCl2F2N2O5PS. The highest BCUT2D eigenvalue weighted by atomic mass is 79.9. The van der Waals surface area contributed by atoms with E-state index in [0.29, 0.717) is 32.7 Å². The maximum Gasteiger partial charge on any atom is 0.399 e. The van der Waals surface area contributed by atoms with Gasteiger partial charge in [-0.25, -0.2) is 9.78 Å². The third-order valence-electron chi connectivity index (χ3n) is 5.43. The summed E-state index contributed by atoms with van der Waals surface area (Å²) < 4.78 is 39.7. The molecule has 1 heterocycles. The van der Waals surface area contributed by atoms with Gasteiger partial charge in [0.1, 0.15) is 0 Å². The second-order valence-corrected chi connectivity index (χ2v) is 12.1. The minimum Gasteiger partial charge on any atom is -0.478 e. The van der Waals surface area contributed by atoms with Crippen molar-refractivity contribution >= 4 is 74.9 Å². The first kappa shape index (κ1) is 28.6. The smallest absolute Gasteiger partial charge is 0.399 e. The Morgan fingerprint density at radius 2 is 1.74 bits per heavy atom. The Labute approximate surface area is 237 Å². The zero-order valence-corrected chi connectivity index (χ0v) is 23.7. The Morgan fingerprint density at radius 1 is 1.05 bits per heavy atom. The lowest BCUT2D eigenvalue weighted by Crippen LogP contribution is -2.18. The van der Waals surface area contributed by atoms with Crippen molar-refractivity contribution in [2.24, 2.45) is 0 Å². The molecule has 0 amide bonds. The van der Waals surface area contributed by atoms with Crippen molar-refractivity contribution in [2.75, 3.05) is 4.90 Å². The number of halogens is 5. The molecule has 0 aliphatic carbocycles. The fourth-order valence-electron chi connectivity index (χ4n) is 3.47. The third-order valence-corrected chi connectivity index (χ3v) is 8.66. The number of hydrogen-bond donors (Lipinski definition) is 3. The third kappa shape index (κ3) is 5.94. The Kier molecular flexibility index (Phi) is 8.30. The molecule has 7 nitrogen and oxygen atoms in total. The van der Waals surface area contributed by atoms with Gasteiger partial charge in [-0.15, -0.1) is 11.3 Å². The lowest BCUT2D eigenvalue weighted by atomic mass is 10.1. The van der Waals surface area contributed by atoms with E-state index in [1.54, 1.807) is 40.6 Å². The van der Waals surface area contributed by atoms with E-state index in [0.717, 1.165) is 6.07 Å². The van der Waals surface area contributed by atoms with Crippen molar-refractivity contribution in [3.05, 3.63) is 97.3 Å². The van der Waals surface area contributed by atoms with Crippen LogP contribution in [0.1, 0.15) is 21.5 Å². The molecule has 0 saturated carbocycles. The van der Waals surface area contributed by atoms with Crippen LogP contribution in [0.2, 0.25) is 10.0 Å². The van der Waals surface area contributed by atoms with Gasteiger partial charge in [-0.1, -0.05) is 63.4 Å². The Bertz CT molecular complexity index is 1570. The second kappa shape index (κ2) is 11.0. The maximum absolute atomic E-state index is 14.3. The standard InChI is InChI=1S/C24H16BrCl2F2N2O5PS/c25-18-9-13(1-7-17(18)24(28,29)37(34,35)36)11-31(16-6-8-19(26)20(27)10-16)23-30-21(12-38-23)14-2-4-15(5-3-14)22(32)33/h1-10,12H,11H2,(H,32,33)(H2,34,35,36). The summed E-state index contributed by atoms with van der Waals surface area (Å²) in [5, 5.41) is 12.0. The predicted molar refractivity (Wildman–Crippen MR) is 147 cm³/mol. The molecular weight excluding hydrogens is 648 g/mol. The molecule has 3 aromatic carbocycles. The normalized spacial score (nSPS) is 12.0. The average Bonchev–Trinajstić information content (AvgIpc) is 3.33. The number of anilines is 2. The number of thiazole rings is 1. The zero-order valence-electron chi connectivity index (χ0n) is 18.9. The highest BCUT2D eigenvalue weighted by Crippen LogP contribution is 2.60. The number of alkyl halides is 2. The number of aromatic carboxylic acids is 1. The Balaban J connectivity index is 1.72. The van der Waals surface area contributed by atoms with Crippen molar-refractivity contribution in [1.82, 2.24) is 4.98 Å². The summed E-state index contributed by atoms with van der Waals surface area (Å²) in [5.74, 6) is -1.04. The monoisotopic (exact) mass is 662 g/mol. The van der Waals surface area contributed by atoms with Crippen LogP contribution in [0.4, 0.5) is 19.6 Å². The first-order valence-corrected chi connectivity index (χ1v) is 14.6. The molecule has 14 heteroatoms. The molecule has 0 aliphatic heterocycles. The van der Waals surface area contributed by atoms with E-state index in [9.17, 15) is 18.1 Å². The van der Waals surface area contributed by atoms with E-state index in [1.807, 2.05) is 0 Å². The molecule has 0 saturated heterocycles. The first-order valence-electron chi connectivity index (χ1n) is 10.5. The van der Waals surface area contributed by atoms with Gasteiger partial charge in [0.2, 0.25) is 0 Å². The van der Waals surface area contributed by atoms with E-state index in [2.05, 4.69) is 20.9 Å². The summed E-state index contributed by atoms with van der Waals surface area (Å²) >= 11 is 16.6. The molecule has 0 radical (unpaired) electrons. The second-order valence-electron chi connectivity index (χ2n) is 7.98. The summed E-state index contributed by atoms with van der Waals surface area (Å²) in [6, 6.07) is 14.8. The van der Waals surface area contributed by atoms with Crippen molar-refractivity contribution in [3.63, 3.8) is 0 Å². The van der Waals surface area contributed by atoms with E-state index in [4.69, 9.17) is 38.1 Å². The van der Waals surface area contributed by atoms with Crippen LogP contribution < -0.4 is 4.90 Å². The number of benzene rings is 3. The van der Waals surface area contributed by atoms with Gasteiger partial charge < -0.3 is 19.8 Å². The van der Waals surface area contributed by atoms with Crippen LogP contribution in [0, 0.1) is 0 Å². The van der Waals surface area contributed by atoms with Crippen LogP contribution in [0.3, 0.4) is 0 Å². The molecule has 1 aromatic heterocycles. The predicted octanol–water partition coefficient (Wildman–Crippen LogP) is 8.14. The zero-order chi connectivity index (χ0) is 27.8. The van der Waals surface area contributed by atoms with Gasteiger partial charge in [0.15, 0.2) is 5.13 Å². The molecule has 0 unspecified atom stereocenters. The van der Waals surface area contributed by atoms with Crippen molar-refractivity contribution in [1.29, 1.82) is 0 Å². The van der Waals surface area contributed by atoms with Crippen LogP contribution in [-0.4, -0.2) is 25.8 Å². The fraction of sp³-hybridized carbons (Fsp3) is 0.0833. The van der Waals surface area contributed by atoms with Crippen molar-refractivity contribution in [3.8, 4) is 11.3 Å². The lowest BCUT2D eigenvalue weighted by molar-refractivity contribution is 0.0557. The van der Waals surface area contributed by atoms with E-state index >= 15 is 0 Å². The van der Waals surface area contributed by atoms with Gasteiger partial charge in [0.25, 0.3) is 0 Å². The van der Waals surface area contributed by atoms with Crippen LogP contribution in [-0.2, 0) is 16.8 Å². The Morgan fingerprint density at radius 3 is 2.32 bits per heavy atom. The summed E-state index contributed by atoms with van der Waals surface area (Å²) in [6.45, 7) is 0.128. The highest BCUT2D eigenvalue weighted by molar-refractivity contribution is 9.10. The molecule has 38 heavy (non-hydrogen) atoms. The number of aromatic nitrogens is 1. The first-order chi connectivity index (χ1) is 17.8. The fourth-order valence-corrected chi connectivity index (χ4v) is 5.95. The summed E-state index contributed by atoms with van der Waals surface area (Å²) in [4.78, 5) is 35.8. The molecule has 0 aliphatic rings. The molecule has 0 spiro atoms. The molecule has 0 fully saturated rings. The van der Waals surface area contributed by atoms with Gasteiger partial charge >= 0.3 is 19.2 Å².